The van der Waals surface area contributed by atoms with Gasteiger partial charge in [0.2, 0.25) is 0 Å². The van der Waals surface area contributed by atoms with Crippen molar-refractivity contribution in [2.45, 2.75) is 77.0 Å². The fourth-order valence-electron chi connectivity index (χ4n) is 2.50. The topological polar surface area (TPSA) is 96.0 Å². The fourth-order valence-corrected chi connectivity index (χ4v) is 2.50. The van der Waals surface area contributed by atoms with E-state index in [0.29, 0.717) is 26.1 Å². The van der Waals surface area contributed by atoms with Gasteiger partial charge in [0.15, 0.2) is 0 Å². The SMILES string of the molecule is C=CC(=O)OCCCCCCCC(=O)OC(=O)CCCCCCCOC(=O)C=C. The van der Waals surface area contributed by atoms with Crippen molar-refractivity contribution in [2.24, 2.45) is 0 Å². The second-order valence-electron chi connectivity index (χ2n) is 6.62. The Morgan fingerprint density at radius 2 is 0.897 bits per heavy atom. The third-order valence-corrected chi connectivity index (χ3v) is 4.10. The molecule has 164 valence electrons. The summed E-state index contributed by atoms with van der Waals surface area (Å²) in [4.78, 5) is 44.9. The summed E-state index contributed by atoms with van der Waals surface area (Å²) in [5.41, 5.74) is 0. The molecule has 29 heavy (non-hydrogen) atoms. The van der Waals surface area contributed by atoms with E-state index in [-0.39, 0.29) is 12.8 Å². The van der Waals surface area contributed by atoms with Crippen molar-refractivity contribution >= 4 is 23.9 Å². The molecular weight excluding hydrogens is 376 g/mol. The van der Waals surface area contributed by atoms with Gasteiger partial charge in [-0.25, -0.2) is 9.59 Å². The fraction of sp³-hybridized carbons (Fsp3) is 0.636. The summed E-state index contributed by atoms with van der Waals surface area (Å²) in [5.74, 6) is -1.77. The second-order valence-corrected chi connectivity index (χ2v) is 6.62. The average Bonchev–Trinajstić information content (AvgIpc) is 2.71. The predicted octanol–water partition coefficient (Wildman–Crippen LogP) is 4.20. The lowest BCUT2D eigenvalue weighted by Crippen LogP contribution is -2.11. The van der Waals surface area contributed by atoms with E-state index in [0.717, 1.165) is 63.5 Å². The van der Waals surface area contributed by atoms with E-state index in [1.807, 2.05) is 0 Å². The molecule has 0 aromatic heterocycles. The number of esters is 4. The highest BCUT2D eigenvalue weighted by Crippen LogP contribution is 2.09. The van der Waals surface area contributed by atoms with Crippen molar-refractivity contribution < 1.29 is 33.4 Å². The molecule has 0 aromatic rings. The molecule has 0 saturated carbocycles. The Labute approximate surface area is 173 Å². The first-order valence-electron chi connectivity index (χ1n) is 10.3. The Kier molecular flexibility index (Phi) is 17.3. The van der Waals surface area contributed by atoms with Gasteiger partial charge in [-0.3, -0.25) is 9.59 Å². The molecule has 0 N–H and O–H groups in total. The van der Waals surface area contributed by atoms with Gasteiger partial charge in [0.1, 0.15) is 0 Å². The molecule has 0 aliphatic carbocycles. The second kappa shape index (κ2) is 18.9. The summed E-state index contributed by atoms with van der Waals surface area (Å²) in [6, 6.07) is 0. The van der Waals surface area contributed by atoms with Crippen LogP contribution in [0.25, 0.3) is 0 Å². The molecule has 0 bridgehead atoms. The smallest absolute Gasteiger partial charge is 0.330 e. The van der Waals surface area contributed by atoms with Crippen LogP contribution in [0.2, 0.25) is 0 Å². The Hall–Kier alpha value is -2.44. The quantitative estimate of drug-likeness (QED) is 0.110. The van der Waals surface area contributed by atoms with Gasteiger partial charge in [0.05, 0.1) is 13.2 Å². The van der Waals surface area contributed by atoms with Crippen LogP contribution in [-0.2, 0) is 33.4 Å². The number of hydrogen-bond donors (Lipinski definition) is 0. The molecule has 0 radical (unpaired) electrons. The molecule has 0 spiro atoms. The van der Waals surface area contributed by atoms with Crippen LogP contribution < -0.4 is 0 Å². The zero-order chi connectivity index (χ0) is 21.7. The lowest BCUT2D eigenvalue weighted by molar-refractivity contribution is -0.159. The first-order chi connectivity index (χ1) is 14.0. The Bertz CT molecular complexity index is 479. The normalized spacial score (nSPS) is 10.1. The number of carbonyl (C=O) groups excluding carboxylic acids is 4. The molecule has 0 aliphatic rings. The number of unbranched alkanes of at least 4 members (excludes halogenated alkanes) is 8. The van der Waals surface area contributed by atoms with Crippen molar-refractivity contribution in [1.82, 2.24) is 0 Å². The van der Waals surface area contributed by atoms with E-state index >= 15 is 0 Å². The van der Waals surface area contributed by atoms with Gasteiger partial charge >= 0.3 is 23.9 Å². The highest BCUT2D eigenvalue weighted by atomic mass is 16.6. The number of hydrogen-bond acceptors (Lipinski definition) is 7. The van der Waals surface area contributed by atoms with E-state index in [2.05, 4.69) is 13.2 Å². The zero-order valence-corrected chi connectivity index (χ0v) is 17.3. The molecule has 0 unspecified atom stereocenters. The molecule has 0 amide bonds. The monoisotopic (exact) mass is 410 g/mol. The van der Waals surface area contributed by atoms with Crippen LogP contribution in [0.3, 0.4) is 0 Å². The van der Waals surface area contributed by atoms with E-state index in [1.54, 1.807) is 0 Å². The van der Waals surface area contributed by atoms with Crippen molar-refractivity contribution in [3.63, 3.8) is 0 Å². The molecule has 0 heterocycles. The molecular formula is C22H34O7. The van der Waals surface area contributed by atoms with Crippen LogP contribution in [0, 0.1) is 0 Å². The van der Waals surface area contributed by atoms with Crippen LogP contribution in [0.5, 0.6) is 0 Å². The summed E-state index contributed by atoms with van der Waals surface area (Å²) >= 11 is 0. The van der Waals surface area contributed by atoms with Crippen LogP contribution >= 0.6 is 0 Å². The van der Waals surface area contributed by atoms with Gasteiger partial charge in [-0.05, 0) is 25.7 Å². The standard InChI is InChI=1S/C22H34O7/c1-3-19(23)27-17-13-9-5-7-11-15-21(25)29-22(26)16-12-8-6-10-14-18-28-20(24)4-2/h3-4H,1-2,5-18H2. The predicted molar refractivity (Wildman–Crippen MR) is 109 cm³/mol. The minimum Gasteiger partial charge on any atom is -0.463 e. The third kappa shape index (κ3) is 18.7. The summed E-state index contributed by atoms with van der Waals surface area (Å²) in [6.45, 7) is 7.40. The largest absolute Gasteiger partial charge is 0.463 e. The van der Waals surface area contributed by atoms with Crippen LogP contribution in [0.15, 0.2) is 25.3 Å². The van der Waals surface area contributed by atoms with E-state index in [4.69, 9.17) is 14.2 Å². The molecule has 0 atom stereocenters. The molecule has 0 aliphatic heterocycles. The van der Waals surface area contributed by atoms with Crippen LogP contribution in [0.1, 0.15) is 77.0 Å². The zero-order valence-electron chi connectivity index (χ0n) is 17.3. The minimum atomic E-state index is -0.473. The molecule has 0 aromatic carbocycles. The first-order valence-corrected chi connectivity index (χ1v) is 10.3. The summed E-state index contributed by atoms with van der Waals surface area (Å²) in [7, 11) is 0. The maximum Gasteiger partial charge on any atom is 0.330 e. The van der Waals surface area contributed by atoms with Crippen molar-refractivity contribution in [2.75, 3.05) is 13.2 Å². The van der Waals surface area contributed by atoms with Gasteiger partial charge < -0.3 is 14.2 Å². The van der Waals surface area contributed by atoms with Gasteiger partial charge in [-0.2, -0.15) is 0 Å². The summed E-state index contributed by atoms with van der Waals surface area (Å²) < 4.78 is 14.5. The number of rotatable bonds is 18. The Morgan fingerprint density at radius 1 is 0.552 bits per heavy atom. The highest BCUT2D eigenvalue weighted by Gasteiger charge is 2.10. The molecule has 0 rings (SSSR count). The Balaban J connectivity index is 3.44. The summed E-state index contributed by atoms with van der Waals surface area (Å²) in [6.07, 6.45) is 11.1. The van der Waals surface area contributed by atoms with Gasteiger partial charge in [-0.15, -0.1) is 0 Å². The van der Waals surface area contributed by atoms with Crippen molar-refractivity contribution in [3.05, 3.63) is 25.3 Å². The molecule has 0 saturated heterocycles. The number of carbonyl (C=O) groups is 4. The number of ether oxygens (including phenoxy) is 3. The van der Waals surface area contributed by atoms with Gasteiger partial charge in [0.25, 0.3) is 0 Å². The third-order valence-electron chi connectivity index (χ3n) is 4.10. The lowest BCUT2D eigenvalue weighted by atomic mass is 10.1. The minimum absolute atomic E-state index is 0.237. The van der Waals surface area contributed by atoms with Crippen molar-refractivity contribution in [1.29, 1.82) is 0 Å². The van der Waals surface area contributed by atoms with E-state index in [1.165, 1.54) is 0 Å². The van der Waals surface area contributed by atoms with Gasteiger partial charge in [-0.1, -0.05) is 51.7 Å². The average molecular weight is 411 g/mol. The summed E-state index contributed by atoms with van der Waals surface area (Å²) in [5, 5.41) is 0. The first kappa shape index (κ1) is 26.6. The maximum absolute atomic E-state index is 11.6. The van der Waals surface area contributed by atoms with Crippen molar-refractivity contribution in [3.8, 4) is 0 Å². The lowest BCUT2D eigenvalue weighted by Gasteiger charge is -2.05. The van der Waals surface area contributed by atoms with Crippen LogP contribution in [0.4, 0.5) is 0 Å². The van der Waals surface area contributed by atoms with E-state index < -0.39 is 23.9 Å². The van der Waals surface area contributed by atoms with Gasteiger partial charge in [0, 0.05) is 25.0 Å². The van der Waals surface area contributed by atoms with Crippen LogP contribution in [-0.4, -0.2) is 37.1 Å². The van der Waals surface area contributed by atoms with E-state index in [9.17, 15) is 19.2 Å². The molecule has 7 nitrogen and oxygen atoms in total. The highest BCUT2D eigenvalue weighted by molar-refractivity contribution is 5.85. The molecule has 0 fully saturated rings. The Morgan fingerprint density at radius 3 is 1.28 bits per heavy atom. The molecule has 7 heteroatoms. The maximum atomic E-state index is 11.6.